The van der Waals surface area contributed by atoms with Gasteiger partial charge in [-0.3, -0.25) is 19.4 Å². The molecule has 0 aromatic carbocycles. The number of carbonyl (C=O) groups is 2. The standard InChI is InChI=1S/C16H26N2O3/c19-14-12-16(4-1-2-5-16)13-15(20)18(14)7-3-6-17-8-10-21-11-9-17/h1-13H2. The zero-order valence-corrected chi connectivity index (χ0v) is 12.8. The monoisotopic (exact) mass is 294 g/mol. The molecule has 21 heavy (non-hydrogen) atoms. The van der Waals surface area contributed by atoms with Gasteiger partial charge in [-0.25, -0.2) is 0 Å². The van der Waals surface area contributed by atoms with Crippen molar-refractivity contribution in [3.05, 3.63) is 0 Å². The maximum atomic E-state index is 12.3. The number of ether oxygens (including phenoxy) is 1. The van der Waals surface area contributed by atoms with Crippen molar-refractivity contribution in [3.8, 4) is 0 Å². The summed E-state index contributed by atoms with van der Waals surface area (Å²) in [5.41, 5.74) is 0.0227. The first-order valence-electron chi connectivity index (χ1n) is 8.32. The van der Waals surface area contributed by atoms with Gasteiger partial charge in [-0.2, -0.15) is 0 Å². The molecule has 1 saturated carbocycles. The summed E-state index contributed by atoms with van der Waals surface area (Å²) >= 11 is 0. The molecule has 2 saturated heterocycles. The highest BCUT2D eigenvalue weighted by Crippen LogP contribution is 2.46. The molecule has 0 aromatic rings. The lowest BCUT2D eigenvalue weighted by Gasteiger charge is -2.37. The maximum absolute atomic E-state index is 12.3. The minimum Gasteiger partial charge on any atom is -0.379 e. The Bertz CT molecular complexity index is 378. The summed E-state index contributed by atoms with van der Waals surface area (Å²) in [5, 5.41) is 0. The molecular formula is C16H26N2O3. The van der Waals surface area contributed by atoms with Crippen molar-refractivity contribution in [2.45, 2.75) is 44.9 Å². The van der Waals surface area contributed by atoms with Crippen molar-refractivity contribution in [1.29, 1.82) is 0 Å². The topological polar surface area (TPSA) is 49.9 Å². The van der Waals surface area contributed by atoms with Crippen molar-refractivity contribution in [2.24, 2.45) is 5.41 Å². The second kappa shape index (κ2) is 6.44. The summed E-state index contributed by atoms with van der Waals surface area (Å²) in [5.74, 6) is 0.130. The van der Waals surface area contributed by atoms with Crippen molar-refractivity contribution in [2.75, 3.05) is 39.4 Å². The van der Waals surface area contributed by atoms with E-state index in [4.69, 9.17) is 4.74 Å². The van der Waals surface area contributed by atoms with Gasteiger partial charge < -0.3 is 4.74 Å². The number of hydrogen-bond donors (Lipinski definition) is 0. The SMILES string of the molecule is O=C1CC2(CCCC2)CC(=O)N1CCCN1CCOCC1. The summed E-state index contributed by atoms with van der Waals surface area (Å²) in [6.07, 6.45) is 6.55. The highest BCUT2D eigenvalue weighted by Gasteiger charge is 2.44. The van der Waals surface area contributed by atoms with Crippen LogP contribution in [0.3, 0.4) is 0 Å². The van der Waals surface area contributed by atoms with E-state index in [9.17, 15) is 9.59 Å². The van der Waals surface area contributed by atoms with Crippen LogP contribution in [-0.4, -0.2) is 61.0 Å². The van der Waals surface area contributed by atoms with Gasteiger partial charge in [0, 0.05) is 39.0 Å². The van der Waals surface area contributed by atoms with Crippen LogP contribution in [0, 0.1) is 5.41 Å². The smallest absolute Gasteiger partial charge is 0.229 e. The Balaban J connectivity index is 1.47. The second-order valence-corrected chi connectivity index (χ2v) is 6.81. The van der Waals surface area contributed by atoms with Crippen LogP contribution < -0.4 is 0 Å². The molecule has 5 nitrogen and oxygen atoms in total. The third kappa shape index (κ3) is 3.46. The molecule has 0 atom stereocenters. The molecule has 0 N–H and O–H groups in total. The Kier molecular flexibility index (Phi) is 4.60. The van der Waals surface area contributed by atoms with E-state index in [1.807, 2.05) is 0 Å². The molecule has 1 aliphatic carbocycles. The number of hydrogen-bond acceptors (Lipinski definition) is 4. The number of nitrogens with zero attached hydrogens (tertiary/aromatic N) is 2. The molecule has 0 radical (unpaired) electrons. The van der Waals surface area contributed by atoms with E-state index in [1.54, 1.807) is 0 Å². The number of likely N-dealkylation sites (tertiary alicyclic amines) is 1. The predicted octanol–water partition coefficient (Wildman–Crippen LogP) is 1.42. The van der Waals surface area contributed by atoms with E-state index < -0.39 is 0 Å². The average Bonchev–Trinajstić information content (AvgIpc) is 2.91. The Morgan fingerprint density at radius 2 is 1.57 bits per heavy atom. The van der Waals surface area contributed by atoms with Crippen LogP contribution in [0.4, 0.5) is 0 Å². The minimum atomic E-state index is 0.0227. The van der Waals surface area contributed by atoms with Gasteiger partial charge in [-0.1, -0.05) is 12.8 Å². The Hall–Kier alpha value is -0.940. The third-order valence-corrected chi connectivity index (χ3v) is 5.28. The van der Waals surface area contributed by atoms with Crippen LogP contribution in [0.5, 0.6) is 0 Å². The summed E-state index contributed by atoms with van der Waals surface area (Å²) < 4.78 is 5.32. The molecule has 3 aliphatic rings. The first-order valence-corrected chi connectivity index (χ1v) is 8.32. The zero-order valence-electron chi connectivity index (χ0n) is 12.8. The first-order chi connectivity index (χ1) is 10.2. The van der Waals surface area contributed by atoms with Crippen molar-refractivity contribution >= 4 is 11.8 Å². The highest BCUT2D eigenvalue weighted by molar-refractivity contribution is 5.98. The second-order valence-electron chi connectivity index (χ2n) is 6.81. The van der Waals surface area contributed by atoms with E-state index in [0.29, 0.717) is 19.4 Å². The number of imide groups is 1. The number of morpholine rings is 1. The molecule has 118 valence electrons. The van der Waals surface area contributed by atoms with Crippen LogP contribution >= 0.6 is 0 Å². The molecule has 1 spiro atoms. The summed E-state index contributed by atoms with van der Waals surface area (Å²) in [6.45, 7) is 5.06. The third-order valence-electron chi connectivity index (χ3n) is 5.28. The van der Waals surface area contributed by atoms with E-state index in [1.165, 1.54) is 17.7 Å². The van der Waals surface area contributed by atoms with E-state index >= 15 is 0 Å². The van der Waals surface area contributed by atoms with Gasteiger partial charge in [0.05, 0.1) is 13.2 Å². The molecular weight excluding hydrogens is 268 g/mol. The van der Waals surface area contributed by atoms with Gasteiger partial charge in [0.25, 0.3) is 0 Å². The van der Waals surface area contributed by atoms with Crippen LogP contribution in [0.1, 0.15) is 44.9 Å². The van der Waals surface area contributed by atoms with Crippen LogP contribution in [0.15, 0.2) is 0 Å². The van der Waals surface area contributed by atoms with Crippen molar-refractivity contribution in [1.82, 2.24) is 9.80 Å². The predicted molar refractivity (Wildman–Crippen MR) is 78.7 cm³/mol. The highest BCUT2D eigenvalue weighted by atomic mass is 16.5. The molecule has 5 heteroatoms. The van der Waals surface area contributed by atoms with Gasteiger partial charge in [0.1, 0.15) is 0 Å². The van der Waals surface area contributed by atoms with Crippen LogP contribution in [-0.2, 0) is 14.3 Å². The Morgan fingerprint density at radius 1 is 0.952 bits per heavy atom. The fourth-order valence-corrected chi connectivity index (χ4v) is 4.04. The number of carbonyl (C=O) groups excluding carboxylic acids is 2. The molecule has 2 heterocycles. The normalized spacial score (nSPS) is 26.8. The molecule has 0 aromatic heterocycles. The summed E-state index contributed by atoms with van der Waals surface area (Å²) in [7, 11) is 0. The Morgan fingerprint density at radius 3 is 2.19 bits per heavy atom. The van der Waals surface area contributed by atoms with Crippen molar-refractivity contribution in [3.63, 3.8) is 0 Å². The van der Waals surface area contributed by atoms with Crippen LogP contribution in [0.25, 0.3) is 0 Å². The quantitative estimate of drug-likeness (QED) is 0.736. The minimum absolute atomic E-state index is 0.0227. The summed E-state index contributed by atoms with van der Waals surface area (Å²) in [6, 6.07) is 0. The fourth-order valence-electron chi connectivity index (χ4n) is 4.04. The lowest BCUT2D eigenvalue weighted by Crippen LogP contribution is -2.48. The maximum Gasteiger partial charge on any atom is 0.229 e. The van der Waals surface area contributed by atoms with Gasteiger partial charge in [-0.05, 0) is 24.7 Å². The fraction of sp³-hybridized carbons (Fsp3) is 0.875. The van der Waals surface area contributed by atoms with Gasteiger partial charge in [-0.15, -0.1) is 0 Å². The average molecular weight is 294 g/mol. The number of piperidine rings is 1. The molecule has 3 rings (SSSR count). The molecule has 3 fully saturated rings. The lowest BCUT2D eigenvalue weighted by molar-refractivity contribution is -0.153. The Labute approximate surface area is 126 Å². The van der Waals surface area contributed by atoms with E-state index in [0.717, 1.165) is 52.1 Å². The van der Waals surface area contributed by atoms with E-state index in [2.05, 4.69) is 4.90 Å². The van der Waals surface area contributed by atoms with Gasteiger partial charge in [0.15, 0.2) is 0 Å². The first kappa shape index (κ1) is 15.0. The van der Waals surface area contributed by atoms with Crippen LogP contribution in [0.2, 0.25) is 0 Å². The van der Waals surface area contributed by atoms with Gasteiger partial charge in [0.2, 0.25) is 11.8 Å². The summed E-state index contributed by atoms with van der Waals surface area (Å²) in [4.78, 5) is 28.5. The molecule has 2 amide bonds. The number of amides is 2. The molecule has 0 unspecified atom stereocenters. The largest absolute Gasteiger partial charge is 0.379 e. The number of rotatable bonds is 4. The zero-order chi connectivity index (χ0) is 14.7. The van der Waals surface area contributed by atoms with Crippen molar-refractivity contribution < 1.29 is 14.3 Å². The van der Waals surface area contributed by atoms with E-state index in [-0.39, 0.29) is 17.2 Å². The molecule has 2 aliphatic heterocycles. The van der Waals surface area contributed by atoms with Gasteiger partial charge >= 0.3 is 0 Å². The lowest BCUT2D eigenvalue weighted by atomic mass is 9.76. The molecule has 0 bridgehead atoms.